The average molecular weight is 243 g/mol. The Hall–Kier alpha value is -0.810. The Morgan fingerprint density at radius 1 is 1.53 bits per heavy atom. The molecule has 1 saturated heterocycles. The molecule has 1 heterocycles. The summed E-state index contributed by atoms with van der Waals surface area (Å²) in [5, 5.41) is 3.26. The third kappa shape index (κ3) is 5.89. The van der Waals surface area contributed by atoms with Crippen LogP contribution < -0.4 is 5.32 Å². The van der Waals surface area contributed by atoms with Gasteiger partial charge in [-0.2, -0.15) is 0 Å². The van der Waals surface area contributed by atoms with Crippen LogP contribution in [0.15, 0.2) is 4.99 Å². The van der Waals surface area contributed by atoms with Crippen molar-refractivity contribution in [1.82, 2.24) is 10.2 Å². The predicted molar refractivity (Wildman–Crippen MR) is 69.5 cm³/mol. The van der Waals surface area contributed by atoms with E-state index in [0.717, 1.165) is 45.2 Å². The van der Waals surface area contributed by atoms with Crippen LogP contribution in [0.1, 0.15) is 19.3 Å². The lowest BCUT2D eigenvalue weighted by atomic mass is 10.2. The maximum absolute atomic E-state index is 5.58. The first-order valence-corrected chi connectivity index (χ1v) is 6.31. The van der Waals surface area contributed by atoms with Crippen molar-refractivity contribution in [1.29, 1.82) is 0 Å². The quantitative estimate of drug-likeness (QED) is 0.424. The van der Waals surface area contributed by atoms with Crippen molar-refractivity contribution in [3.63, 3.8) is 0 Å². The minimum Gasteiger partial charge on any atom is -0.379 e. The molecule has 1 atom stereocenters. The van der Waals surface area contributed by atoms with E-state index in [2.05, 4.69) is 10.3 Å². The number of nitrogens with one attached hydrogen (secondary N) is 1. The zero-order valence-corrected chi connectivity index (χ0v) is 11.2. The molecule has 0 radical (unpaired) electrons. The van der Waals surface area contributed by atoms with Gasteiger partial charge in [-0.1, -0.05) is 0 Å². The lowest BCUT2D eigenvalue weighted by molar-refractivity contribution is 0.0168. The van der Waals surface area contributed by atoms with Crippen LogP contribution in [0.4, 0.5) is 0 Å². The van der Waals surface area contributed by atoms with Gasteiger partial charge in [0.25, 0.3) is 0 Å². The summed E-state index contributed by atoms with van der Waals surface area (Å²) in [4.78, 5) is 6.10. The van der Waals surface area contributed by atoms with E-state index in [-0.39, 0.29) is 0 Å². The average Bonchev–Trinajstić information content (AvgIpc) is 2.80. The molecule has 1 unspecified atom stereocenters. The van der Waals surface area contributed by atoms with Crippen LogP contribution in [0.5, 0.6) is 0 Å². The Balaban J connectivity index is 1.93. The summed E-state index contributed by atoms with van der Waals surface area (Å²) in [7, 11) is 5.74. The molecule has 5 nitrogen and oxygen atoms in total. The van der Waals surface area contributed by atoms with Gasteiger partial charge >= 0.3 is 0 Å². The minimum atomic E-state index is 0.331. The van der Waals surface area contributed by atoms with Crippen molar-refractivity contribution >= 4 is 5.96 Å². The fraction of sp³-hybridized carbons (Fsp3) is 0.917. The van der Waals surface area contributed by atoms with Gasteiger partial charge in [-0.15, -0.1) is 0 Å². The number of hydrogen-bond acceptors (Lipinski definition) is 3. The molecule has 1 rings (SSSR count). The fourth-order valence-corrected chi connectivity index (χ4v) is 1.80. The van der Waals surface area contributed by atoms with Gasteiger partial charge in [0, 0.05) is 40.9 Å². The van der Waals surface area contributed by atoms with Gasteiger partial charge in [-0.3, -0.25) is 4.99 Å². The maximum atomic E-state index is 5.58. The molecule has 0 bridgehead atoms. The molecule has 1 aliphatic rings. The molecule has 0 aromatic carbocycles. The standard InChI is InChI=1S/C12H25N3O2/c1-13-12(15(2)3)14-7-5-8-16-10-11-6-4-9-17-11/h11H,4-10H2,1-3H3,(H,13,14). The van der Waals surface area contributed by atoms with Gasteiger partial charge in [0.2, 0.25) is 0 Å². The molecule has 17 heavy (non-hydrogen) atoms. The summed E-state index contributed by atoms with van der Waals surface area (Å²) in [5.74, 6) is 0.907. The van der Waals surface area contributed by atoms with Crippen LogP contribution in [-0.2, 0) is 9.47 Å². The molecule has 0 aromatic heterocycles. The van der Waals surface area contributed by atoms with E-state index >= 15 is 0 Å². The zero-order chi connectivity index (χ0) is 12.5. The van der Waals surface area contributed by atoms with Crippen molar-refractivity contribution in [2.24, 2.45) is 4.99 Å². The lowest BCUT2D eigenvalue weighted by Gasteiger charge is -2.16. The van der Waals surface area contributed by atoms with Gasteiger partial charge in [-0.25, -0.2) is 0 Å². The third-order valence-electron chi connectivity index (χ3n) is 2.71. The summed E-state index contributed by atoms with van der Waals surface area (Å²) < 4.78 is 11.1. The Labute approximate surface area is 104 Å². The first-order chi connectivity index (χ1) is 8.24. The summed E-state index contributed by atoms with van der Waals surface area (Å²) >= 11 is 0. The van der Waals surface area contributed by atoms with Crippen molar-refractivity contribution in [3.8, 4) is 0 Å². The Kier molecular flexibility index (Phi) is 6.96. The van der Waals surface area contributed by atoms with E-state index in [1.165, 1.54) is 6.42 Å². The second kappa shape index (κ2) is 8.31. The highest BCUT2D eigenvalue weighted by atomic mass is 16.5. The van der Waals surface area contributed by atoms with Gasteiger partial charge in [0.15, 0.2) is 5.96 Å². The monoisotopic (exact) mass is 243 g/mol. The molecule has 100 valence electrons. The molecule has 0 saturated carbocycles. The highest BCUT2D eigenvalue weighted by Gasteiger charge is 2.14. The first-order valence-electron chi connectivity index (χ1n) is 6.31. The van der Waals surface area contributed by atoms with Crippen LogP contribution >= 0.6 is 0 Å². The van der Waals surface area contributed by atoms with Gasteiger partial charge in [0.1, 0.15) is 0 Å². The van der Waals surface area contributed by atoms with Gasteiger partial charge in [0.05, 0.1) is 12.7 Å². The van der Waals surface area contributed by atoms with Gasteiger partial charge < -0.3 is 19.7 Å². The van der Waals surface area contributed by atoms with Gasteiger partial charge in [-0.05, 0) is 19.3 Å². The Bertz CT molecular complexity index is 226. The molecule has 1 N–H and O–H groups in total. The summed E-state index contributed by atoms with van der Waals surface area (Å²) in [6.45, 7) is 3.30. The normalized spacial score (nSPS) is 20.6. The molecule has 0 amide bonds. The summed E-state index contributed by atoms with van der Waals surface area (Å²) in [6.07, 6.45) is 3.64. The van der Waals surface area contributed by atoms with E-state index in [9.17, 15) is 0 Å². The highest BCUT2D eigenvalue weighted by Crippen LogP contribution is 2.11. The molecular weight excluding hydrogens is 218 g/mol. The number of nitrogens with zero attached hydrogens (tertiary/aromatic N) is 2. The molecule has 1 aliphatic heterocycles. The third-order valence-corrected chi connectivity index (χ3v) is 2.71. The highest BCUT2D eigenvalue weighted by molar-refractivity contribution is 5.79. The minimum absolute atomic E-state index is 0.331. The molecule has 5 heteroatoms. The number of aliphatic imine (C=N–C) groups is 1. The predicted octanol–water partition coefficient (Wildman–Crippen LogP) is 0.709. The number of hydrogen-bond donors (Lipinski definition) is 1. The molecule has 1 fully saturated rings. The van der Waals surface area contributed by atoms with Crippen LogP contribution in [0.2, 0.25) is 0 Å². The molecular formula is C12H25N3O2. The zero-order valence-electron chi connectivity index (χ0n) is 11.2. The van der Waals surface area contributed by atoms with Crippen molar-refractivity contribution < 1.29 is 9.47 Å². The van der Waals surface area contributed by atoms with E-state index < -0.39 is 0 Å². The van der Waals surface area contributed by atoms with Crippen molar-refractivity contribution in [2.45, 2.75) is 25.4 Å². The lowest BCUT2D eigenvalue weighted by Crippen LogP contribution is -2.37. The van der Waals surface area contributed by atoms with Crippen molar-refractivity contribution in [2.75, 3.05) is 47.5 Å². The SMILES string of the molecule is CN=C(NCCCOCC1CCCO1)N(C)C. The topological polar surface area (TPSA) is 46.1 Å². The van der Waals surface area contributed by atoms with Crippen LogP contribution in [-0.4, -0.2) is 64.5 Å². The molecule has 0 aliphatic carbocycles. The maximum Gasteiger partial charge on any atom is 0.193 e. The fourth-order valence-electron chi connectivity index (χ4n) is 1.80. The summed E-state index contributed by atoms with van der Waals surface area (Å²) in [6, 6.07) is 0. The first kappa shape index (κ1) is 14.3. The number of ether oxygens (including phenoxy) is 2. The number of rotatable bonds is 6. The van der Waals surface area contributed by atoms with E-state index in [1.807, 2.05) is 19.0 Å². The van der Waals surface area contributed by atoms with E-state index in [1.54, 1.807) is 7.05 Å². The van der Waals surface area contributed by atoms with Crippen LogP contribution in [0.25, 0.3) is 0 Å². The largest absolute Gasteiger partial charge is 0.379 e. The van der Waals surface area contributed by atoms with Crippen LogP contribution in [0, 0.1) is 0 Å². The Morgan fingerprint density at radius 3 is 2.94 bits per heavy atom. The van der Waals surface area contributed by atoms with Crippen molar-refractivity contribution in [3.05, 3.63) is 0 Å². The second-order valence-corrected chi connectivity index (χ2v) is 4.43. The van der Waals surface area contributed by atoms with E-state index in [0.29, 0.717) is 6.10 Å². The van der Waals surface area contributed by atoms with Crippen LogP contribution in [0.3, 0.4) is 0 Å². The second-order valence-electron chi connectivity index (χ2n) is 4.43. The van der Waals surface area contributed by atoms with E-state index in [4.69, 9.17) is 9.47 Å². The smallest absolute Gasteiger partial charge is 0.193 e. The molecule has 0 aromatic rings. The number of guanidine groups is 1. The summed E-state index contributed by atoms with van der Waals surface area (Å²) in [5.41, 5.74) is 0. The molecule has 0 spiro atoms. The Morgan fingerprint density at radius 2 is 2.35 bits per heavy atom.